The highest BCUT2D eigenvalue weighted by atomic mass is 28.4. The SMILES string of the molecule is C[C@H]1CCC[C@H](O[Si](C)(C)C)C1. The van der Waals surface area contributed by atoms with Gasteiger partial charge in [-0.25, -0.2) is 0 Å². The highest BCUT2D eigenvalue weighted by molar-refractivity contribution is 6.69. The molecule has 1 aliphatic rings. The maximum atomic E-state index is 6.09. The van der Waals surface area contributed by atoms with Crippen molar-refractivity contribution in [3.63, 3.8) is 0 Å². The molecule has 0 aromatic rings. The van der Waals surface area contributed by atoms with Crippen LogP contribution in [0.3, 0.4) is 0 Å². The van der Waals surface area contributed by atoms with Crippen molar-refractivity contribution in [2.75, 3.05) is 0 Å². The fraction of sp³-hybridized carbons (Fsp3) is 1.00. The lowest BCUT2D eigenvalue weighted by atomic mass is 9.89. The van der Waals surface area contributed by atoms with Crippen molar-refractivity contribution < 1.29 is 4.43 Å². The molecule has 2 atom stereocenters. The van der Waals surface area contributed by atoms with E-state index in [9.17, 15) is 0 Å². The van der Waals surface area contributed by atoms with E-state index in [0.29, 0.717) is 6.10 Å². The molecule has 12 heavy (non-hydrogen) atoms. The summed E-state index contributed by atoms with van der Waals surface area (Å²) in [5, 5.41) is 0. The van der Waals surface area contributed by atoms with Crippen molar-refractivity contribution in [2.45, 2.75) is 58.4 Å². The quantitative estimate of drug-likeness (QED) is 0.600. The lowest BCUT2D eigenvalue weighted by Crippen LogP contribution is -2.34. The molecule has 72 valence electrons. The summed E-state index contributed by atoms with van der Waals surface area (Å²) in [6.07, 6.45) is 5.96. The standard InChI is InChI=1S/C10H22OSi/c1-9-6-5-7-10(8-9)11-12(2,3)4/h9-10H,5-8H2,1-4H3/t9-,10-/m0/s1. The monoisotopic (exact) mass is 186 g/mol. The van der Waals surface area contributed by atoms with Crippen molar-refractivity contribution in [3.8, 4) is 0 Å². The van der Waals surface area contributed by atoms with Crippen LogP contribution in [0.2, 0.25) is 19.6 Å². The zero-order chi connectivity index (χ0) is 9.19. The van der Waals surface area contributed by atoms with E-state index in [1.165, 1.54) is 25.7 Å². The topological polar surface area (TPSA) is 9.23 Å². The Morgan fingerprint density at radius 3 is 2.33 bits per heavy atom. The Kier molecular flexibility index (Phi) is 3.35. The molecule has 0 spiro atoms. The van der Waals surface area contributed by atoms with Crippen LogP contribution in [0, 0.1) is 5.92 Å². The highest BCUT2D eigenvalue weighted by Gasteiger charge is 2.25. The van der Waals surface area contributed by atoms with Gasteiger partial charge in [0.05, 0.1) is 0 Å². The molecule has 1 fully saturated rings. The Bertz CT molecular complexity index is 139. The van der Waals surface area contributed by atoms with E-state index < -0.39 is 8.32 Å². The number of hydrogen-bond acceptors (Lipinski definition) is 1. The predicted octanol–water partition coefficient (Wildman–Crippen LogP) is 3.42. The van der Waals surface area contributed by atoms with Gasteiger partial charge in [-0.3, -0.25) is 0 Å². The smallest absolute Gasteiger partial charge is 0.184 e. The van der Waals surface area contributed by atoms with Gasteiger partial charge in [0, 0.05) is 6.10 Å². The van der Waals surface area contributed by atoms with Gasteiger partial charge in [0.2, 0.25) is 0 Å². The molecular weight excluding hydrogens is 164 g/mol. The summed E-state index contributed by atoms with van der Waals surface area (Å²) >= 11 is 0. The highest BCUT2D eigenvalue weighted by Crippen LogP contribution is 2.27. The van der Waals surface area contributed by atoms with Crippen LogP contribution >= 0.6 is 0 Å². The van der Waals surface area contributed by atoms with Gasteiger partial charge in [-0.05, 0) is 38.4 Å². The number of hydrogen-bond donors (Lipinski definition) is 0. The summed E-state index contributed by atoms with van der Waals surface area (Å²) in [4.78, 5) is 0. The molecule has 0 aromatic heterocycles. The largest absolute Gasteiger partial charge is 0.415 e. The summed E-state index contributed by atoms with van der Waals surface area (Å²) in [7, 11) is -1.27. The fourth-order valence-electron chi connectivity index (χ4n) is 1.99. The molecule has 0 radical (unpaired) electrons. The predicted molar refractivity (Wildman–Crippen MR) is 55.9 cm³/mol. The van der Waals surface area contributed by atoms with Crippen LogP contribution in [0.1, 0.15) is 32.6 Å². The van der Waals surface area contributed by atoms with E-state index in [2.05, 4.69) is 26.6 Å². The van der Waals surface area contributed by atoms with Crippen molar-refractivity contribution >= 4 is 8.32 Å². The van der Waals surface area contributed by atoms with Gasteiger partial charge in [0.25, 0.3) is 0 Å². The molecule has 0 N–H and O–H groups in total. The molecule has 0 aliphatic heterocycles. The first-order valence-corrected chi connectivity index (χ1v) is 8.56. The molecule has 1 aliphatic carbocycles. The maximum absolute atomic E-state index is 6.09. The molecule has 0 aromatic carbocycles. The summed E-state index contributed by atoms with van der Waals surface area (Å²) in [5.74, 6) is 0.889. The molecule has 0 amide bonds. The lowest BCUT2D eigenvalue weighted by molar-refractivity contribution is 0.123. The fourth-order valence-corrected chi connectivity index (χ4v) is 3.20. The van der Waals surface area contributed by atoms with Crippen molar-refractivity contribution in [2.24, 2.45) is 5.92 Å². The first-order chi connectivity index (χ1) is 5.47. The van der Waals surface area contributed by atoms with E-state index in [1.54, 1.807) is 0 Å². The minimum atomic E-state index is -1.27. The molecular formula is C10H22OSi. The normalized spacial score (nSPS) is 32.0. The van der Waals surface area contributed by atoms with Crippen LogP contribution in [-0.4, -0.2) is 14.4 Å². The van der Waals surface area contributed by atoms with Crippen molar-refractivity contribution in [3.05, 3.63) is 0 Å². The number of rotatable bonds is 2. The minimum absolute atomic E-state index is 0.584. The Morgan fingerprint density at radius 2 is 1.83 bits per heavy atom. The van der Waals surface area contributed by atoms with Gasteiger partial charge in [-0.15, -0.1) is 0 Å². The molecule has 2 heteroatoms. The Balaban J connectivity index is 2.32. The molecule has 0 unspecified atom stereocenters. The maximum Gasteiger partial charge on any atom is 0.184 e. The lowest BCUT2D eigenvalue weighted by Gasteiger charge is -2.32. The third-order valence-corrected chi connectivity index (χ3v) is 3.45. The zero-order valence-electron chi connectivity index (χ0n) is 8.89. The first-order valence-electron chi connectivity index (χ1n) is 5.15. The van der Waals surface area contributed by atoms with Gasteiger partial charge >= 0.3 is 0 Å². The van der Waals surface area contributed by atoms with Gasteiger partial charge in [0.15, 0.2) is 8.32 Å². The second-order valence-electron chi connectivity index (χ2n) is 5.12. The summed E-state index contributed by atoms with van der Waals surface area (Å²) in [5.41, 5.74) is 0. The average molecular weight is 186 g/mol. The minimum Gasteiger partial charge on any atom is -0.415 e. The average Bonchev–Trinajstić information content (AvgIpc) is 1.82. The molecule has 1 rings (SSSR count). The van der Waals surface area contributed by atoms with Crippen LogP contribution < -0.4 is 0 Å². The van der Waals surface area contributed by atoms with E-state index >= 15 is 0 Å². The van der Waals surface area contributed by atoms with Crippen LogP contribution in [0.15, 0.2) is 0 Å². The van der Waals surface area contributed by atoms with Crippen molar-refractivity contribution in [1.29, 1.82) is 0 Å². The molecule has 0 heterocycles. The third kappa shape index (κ3) is 3.72. The second-order valence-corrected chi connectivity index (χ2v) is 9.58. The summed E-state index contributed by atoms with van der Waals surface area (Å²) < 4.78 is 6.09. The Hall–Kier alpha value is 0.177. The second kappa shape index (κ2) is 3.92. The Morgan fingerprint density at radius 1 is 1.17 bits per heavy atom. The van der Waals surface area contributed by atoms with E-state index in [1.807, 2.05) is 0 Å². The van der Waals surface area contributed by atoms with Crippen molar-refractivity contribution in [1.82, 2.24) is 0 Å². The molecule has 1 saturated carbocycles. The van der Waals surface area contributed by atoms with Gasteiger partial charge in [-0.1, -0.05) is 19.8 Å². The van der Waals surface area contributed by atoms with Crippen LogP contribution in [0.5, 0.6) is 0 Å². The Labute approximate surface area is 77.6 Å². The van der Waals surface area contributed by atoms with Crippen LogP contribution in [0.4, 0.5) is 0 Å². The van der Waals surface area contributed by atoms with Gasteiger partial charge in [0.1, 0.15) is 0 Å². The van der Waals surface area contributed by atoms with E-state index in [0.717, 1.165) is 5.92 Å². The molecule has 1 nitrogen and oxygen atoms in total. The van der Waals surface area contributed by atoms with Gasteiger partial charge in [-0.2, -0.15) is 0 Å². The van der Waals surface area contributed by atoms with E-state index in [4.69, 9.17) is 4.43 Å². The third-order valence-electron chi connectivity index (χ3n) is 2.41. The van der Waals surface area contributed by atoms with Gasteiger partial charge < -0.3 is 4.43 Å². The van der Waals surface area contributed by atoms with E-state index in [-0.39, 0.29) is 0 Å². The summed E-state index contributed by atoms with van der Waals surface area (Å²) in [6, 6.07) is 0. The summed E-state index contributed by atoms with van der Waals surface area (Å²) in [6.45, 7) is 9.20. The van der Waals surface area contributed by atoms with Crippen LogP contribution in [-0.2, 0) is 4.43 Å². The zero-order valence-corrected chi connectivity index (χ0v) is 9.89. The first kappa shape index (κ1) is 10.3. The van der Waals surface area contributed by atoms with Crippen LogP contribution in [0.25, 0.3) is 0 Å². The molecule has 0 bridgehead atoms. The molecule has 0 saturated heterocycles.